The molecule has 258 valence electrons. The van der Waals surface area contributed by atoms with Crippen LogP contribution in [0.15, 0.2) is 70.3 Å². The SMILES string of the molecule is CCc1noc(N2CCC([C@H](C)CCOc3cnc(N4C[C@@H](N)[C@H](c5ccccc5F)C4)nc3)CC2)n1.Cc1ccc(S(=O)(=O)O)cc1. The van der Waals surface area contributed by atoms with Crippen molar-refractivity contribution < 1.29 is 26.6 Å². The predicted octanol–water partition coefficient (Wildman–Crippen LogP) is 5.06. The van der Waals surface area contributed by atoms with E-state index in [1.807, 2.05) is 24.8 Å². The largest absolute Gasteiger partial charge is 0.490 e. The fraction of sp³-hybridized carbons (Fsp3) is 0.471. The van der Waals surface area contributed by atoms with E-state index < -0.39 is 10.1 Å². The minimum absolute atomic E-state index is 0.0666. The third-order valence-electron chi connectivity index (χ3n) is 9.12. The third kappa shape index (κ3) is 9.05. The van der Waals surface area contributed by atoms with Crippen molar-refractivity contribution >= 4 is 22.1 Å². The van der Waals surface area contributed by atoms with Crippen LogP contribution in [0.25, 0.3) is 0 Å². The first-order chi connectivity index (χ1) is 23.0. The quantitative estimate of drug-likeness (QED) is 0.215. The topological polar surface area (TPSA) is 161 Å². The Morgan fingerprint density at radius 2 is 1.75 bits per heavy atom. The lowest BCUT2D eigenvalue weighted by Gasteiger charge is -2.33. The van der Waals surface area contributed by atoms with E-state index in [1.54, 1.807) is 36.7 Å². The summed E-state index contributed by atoms with van der Waals surface area (Å²) in [6.45, 7) is 9.84. The molecule has 2 aromatic carbocycles. The van der Waals surface area contributed by atoms with Crippen LogP contribution in [0.4, 0.5) is 16.4 Å². The van der Waals surface area contributed by atoms with Gasteiger partial charge in [-0.05, 0) is 61.8 Å². The highest BCUT2D eigenvalue weighted by molar-refractivity contribution is 7.85. The summed E-state index contributed by atoms with van der Waals surface area (Å²) in [5, 5.41) is 4.01. The average molecular weight is 682 g/mol. The molecule has 0 amide bonds. The lowest BCUT2D eigenvalue weighted by Crippen LogP contribution is -2.36. The molecule has 2 aliphatic rings. The number of hydrogen-bond acceptors (Lipinski definition) is 11. The fourth-order valence-electron chi connectivity index (χ4n) is 6.13. The number of nitrogens with zero attached hydrogens (tertiary/aromatic N) is 6. The summed E-state index contributed by atoms with van der Waals surface area (Å²) >= 11 is 0. The maximum Gasteiger partial charge on any atom is 0.324 e. The van der Waals surface area contributed by atoms with E-state index in [9.17, 15) is 12.8 Å². The van der Waals surface area contributed by atoms with E-state index in [4.69, 9.17) is 19.5 Å². The van der Waals surface area contributed by atoms with Crippen molar-refractivity contribution in [3.63, 3.8) is 0 Å². The van der Waals surface area contributed by atoms with Gasteiger partial charge in [-0.1, -0.05) is 54.9 Å². The maximum atomic E-state index is 14.3. The zero-order valence-corrected chi connectivity index (χ0v) is 28.4. The van der Waals surface area contributed by atoms with Crippen molar-refractivity contribution in [2.24, 2.45) is 17.6 Å². The lowest BCUT2D eigenvalue weighted by molar-refractivity contribution is 0.219. The zero-order chi connectivity index (χ0) is 34.3. The molecule has 12 nitrogen and oxygen atoms in total. The number of nitrogens with two attached hydrogens (primary N) is 1. The molecule has 4 aromatic rings. The zero-order valence-electron chi connectivity index (χ0n) is 27.6. The summed E-state index contributed by atoms with van der Waals surface area (Å²) in [6.07, 6.45) is 7.39. The fourth-order valence-corrected chi connectivity index (χ4v) is 6.61. The number of hydrogen-bond donors (Lipinski definition) is 2. The van der Waals surface area contributed by atoms with Crippen molar-refractivity contribution in [2.75, 3.05) is 42.6 Å². The van der Waals surface area contributed by atoms with Crippen molar-refractivity contribution in [1.82, 2.24) is 20.1 Å². The van der Waals surface area contributed by atoms with E-state index in [-0.39, 0.29) is 22.7 Å². The van der Waals surface area contributed by atoms with Crippen LogP contribution in [0, 0.1) is 24.6 Å². The second-order valence-electron chi connectivity index (χ2n) is 12.5. The van der Waals surface area contributed by atoms with Gasteiger partial charge in [-0.2, -0.15) is 13.4 Å². The molecule has 0 saturated carbocycles. The molecule has 2 aliphatic heterocycles. The third-order valence-corrected chi connectivity index (χ3v) is 9.98. The number of ether oxygens (including phenoxy) is 1. The highest BCUT2D eigenvalue weighted by Crippen LogP contribution is 2.31. The van der Waals surface area contributed by atoms with Gasteiger partial charge in [-0.25, -0.2) is 14.4 Å². The Hall–Kier alpha value is -4.14. The molecule has 4 heterocycles. The number of piperidine rings is 1. The molecule has 2 fully saturated rings. The van der Waals surface area contributed by atoms with Gasteiger partial charge in [0.1, 0.15) is 5.82 Å². The van der Waals surface area contributed by atoms with E-state index in [2.05, 4.69) is 31.9 Å². The van der Waals surface area contributed by atoms with Crippen molar-refractivity contribution in [2.45, 2.75) is 63.3 Å². The summed E-state index contributed by atoms with van der Waals surface area (Å²) in [7, 11) is -4.02. The van der Waals surface area contributed by atoms with Gasteiger partial charge in [0.05, 0.1) is 23.9 Å². The number of anilines is 2. The first-order valence-electron chi connectivity index (χ1n) is 16.3. The van der Waals surface area contributed by atoms with Gasteiger partial charge in [-0.15, -0.1) is 0 Å². The Labute approximate surface area is 281 Å². The van der Waals surface area contributed by atoms with Gasteiger partial charge >= 0.3 is 6.01 Å². The summed E-state index contributed by atoms with van der Waals surface area (Å²) in [5.74, 6) is 2.90. The molecule has 0 bridgehead atoms. The molecular weight excluding hydrogens is 637 g/mol. The molecule has 3 N–H and O–H groups in total. The van der Waals surface area contributed by atoms with Crippen LogP contribution >= 0.6 is 0 Å². The van der Waals surface area contributed by atoms with E-state index in [0.29, 0.717) is 54.8 Å². The van der Waals surface area contributed by atoms with Crippen LogP contribution in [-0.2, 0) is 16.5 Å². The van der Waals surface area contributed by atoms with Gasteiger partial charge in [0, 0.05) is 44.6 Å². The normalized spacial score (nSPS) is 19.1. The molecule has 6 rings (SSSR count). The Morgan fingerprint density at radius 1 is 1.06 bits per heavy atom. The van der Waals surface area contributed by atoms with Crippen molar-refractivity contribution in [3.8, 4) is 5.75 Å². The number of benzene rings is 2. The number of aryl methyl sites for hydroxylation is 2. The van der Waals surface area contributed by atoms with Gasteiger partial charge in [0.25, 0.3) is 10.1 Å². The first kappa shape index (κ1) is 35.2. The first-order valence-corrected chi connectivity index (χ1v) is 17.8. The maximum absolute atomic E-state index is 14.3. The summed E-state index contributed by atoms with van der Waals surface area (Å²) in [4.78, 5) is 17.6. The highest BCUT2D eigenvalue weighted by Gasteiger charge is 2.34. The second kappa shape index (κ2) is 15.8. The minimum atomic E-state index is -4.02. The Morgan fingerprint density at radius 3 is 2.38 bits per heavy atom. The predicted molar refractivity (Wildman–Crippen MR) is 180 cm³/mol. The monoisotopic (exact) mass is 681 g/mol. The average Bonchev–Trinajstić information content (AvgIpc) is 3.72. The van der Waals surface area contributed by atoms with Gasteiger partial charge in [0.15, 0.2) is 11.6 Å². The van der Waals surface area contributed by atoms with Gasteiger partial charge in [-0.3, -0.25) is 4.55 Å². The molecule has 48 heavy (non-hydrogen) atoms. The van der Waals surface area contributed by atoms with Gasteiger partial charge < -0.3 is 24.8 Å². The van der Waals surface area contributed by atoms with Crippen LogP contribution < -0.4 is 20.3 Å². The summed E-state index contributed by atoms with van der Waals surface area (Å²) < 4.78 is 55.2. The van der Waals surface area contributed by atoms with Crippen LogP contribution in [-0.4, -0.2) is 71.9 Å². The standard InChI is InChI=1S/C27H36FN7O2.C7H8O3S/c1-3-25-32-27(37-33-25)34-11-8-19(9-12-34)18(2)10-13-36-20-14-30-26(31-15-20)35-16-22(24(29)17-35)21-6-4-5-7-23(21)28;1-6-2-4-7(5-3-6)11(8,9)10/h4-7,14-15,18-19,22,24H,3,8-13,16-17,29H2,1-2H3;2-5H,1H3,(H,8,9,10)/t18-,22+,24-;/m1./s1. The molecule has 3 atom stereocenters. The Bertz CT molecular complexity index is 1710. The van der Waals surface area contributed by atoms with E-state index >= 15 is 0 Å². The number of rotatable bonds is 10. The van der Waals surface area contributed by atoms with E-state index in [0.717, 1.165) is 50.2 Å². The Kier molecular flexibility index (Phi) is 11.6. The smallest absolute Gasteiger partial charge is 0.324 e. The molecule has 0 aliphatic carbocycles. The van der Waals surface area contributed by atoms with Crippen LogP contribution in [0.3, 0.4) is 0 Å². The number of aromatic nitrogens is 4. The van der Waals surface area contributed by atoms with Crippen molar-refractivity contribution in [1.29, 1.82) is 0 Å². The lowest BCUT2D eigenvalue weighted by atomic mass is 9.84. The molecular formula is C34H44FN7O5S. The van der Waals surface area contributed by atoms with Gasteiger partial charge in [0.2, 0.25) is 5.95 Å². The second-order valence-corrected chi connectivity index (χ2v) is 13.9. The molecule has 0 unspecified atom stereocenters. The molecule has 14 heteroatoms. The highest BCUT2D eigenvalue weighted by atomic mass is 32.2. The minimum Gasteiger partial charge on any atom is -0.490 e. The van der Waals surface area contributed by atoms with Crippen LogP contribution in [0.5, 0.6) is 5.75 Å². The van der Waals surface area contributed by atoms with E-state index in [1.165, 1.54) is 18.2 Å². The van der Waals surface area contributed by atoms with Crippen LogP contribution in [0.1, 0.15) is 56.0 Å². The Balaban J connectivity index is 0.000000349. The summed E-state index contributed by atoms with van der Waals surface area (Å²) in [5.41, 5.74) is 7.94. The molecule has 2 saturated heterocycles. The molecule has 0 spiro atoms. The summed E-state index contributed by atoms with van der Waals surface area (Å²) in [6, 6.07) is 13.3. The number of halogens is 1. The van der Waals surface area contributed by atoms with Crippen molar-refractivity contribution in [3.05, 3.63) is 83.7 Å². The molecule has 2 aromatic heterocycles. The molecule has 0 radical (unpaired) electrons. The van der Waals surface area contributed by atoms with Crippen LogP contribution in [0.2, 0.25) is 0 Å².